The number of carbonyl (C=O) groups excluding carboxylic acids is 1. The third kappa shape index (κ3) is 3.31. The Morgan fingerprint density at radius 3 is 2.71 bits per heavy atom. The number of hydrogen-bond donors (Lipinski definition) is 0. The molecule has 0 radical (unpaired) electrons. The standard InChI is InChI=1S/C17H11BrClNO/c18-13-7-12(8-14(19)9-13)17(21)10-15-6-5-11-3-1-2-4-16(11)20-15/h1-9H,10H2. The van der Waals surface area contributed by atoms with Gasteiger partial charge in [-0.15, -0.1) is 0 Å². The van der Waals surface area contributed by atoms with E-state index >= 15 is 0 Å². The molecule has 0 fully saturated rings. The van der Waals surface area contributed by atoms with Crippen molar-refractivity contribution in [2.45, 2.75) is 6.42 Å². The number of pyridine rings is 1. The highest BCUT2D eigenvalue weighted by molar-refractivity contribution is 9.10. The first kappa shape index (κ1) is 14.2. The van der Waals surface area contributed by atoms with E-state index in [0.29, 0.717) is 10.6 Å². The Bertz CT molecular complexity index is 812. The van der Waals surface area contributed by atoms with Gasteiger partial charge in [0, 0.05) is 26.1 Å². The fraction of sp³-hybridized carbons (Fsp3) is 0.0588. The van der Waals surface area contributed by atoms with Crippen molar-refractivity contribution in [3.05, 3.63) is 75.4 Å². The Labute approximate surface area is 135 Å². The molecule has 0 bridgehead atoms. The summed E-state index contributed by atoms with van der Waals surface area (Å²) >= 11 is 9.32. The highest BCUT2D eigenvalue weighted by Crippen LogP contribution is 2.21. The second kappa shape index (κ2) is 5.96. The normalized spacial score (nSPS) is 10.8. The van der Waals surface area contributed by atoms with Gasteiger partial charge in [-0.05, 0) is 30.3 Å². The largest absolute Gasteiger partial charge is 0.294 e. The lowest BCUT2D eigenvalue weighted by atomic mass is 10.1. The van der Waals surface area contributed by atoms with E-state index in [1.165, 1.54) is 0 Å². The summed E-state index contributed by atoms with van der Waals surface area (Å²) in [7, 11) is 0. The number of para-hydroxylation sites is 1. The maximum Gasteiger partial charge on any atom is 0.168 e. The molecule has 2 nitrogen and oxygen atoms in total. The van der Waals surface area contributed by atoms with Gasteiger partial charge in [0.05, 0.1) is 11.9 Å². The zero-order chi connectivity index (χ0) is 14.8. The van der Waals surface area contributed by atoms with Gasteiger partial charge in [0.25, 0.3) is 0 Å². The van der Waals surface area contributed by atoms with Crippen molar-refractivity contribution in [2.75, 3.05) is 0 Å². The van der Waals surface area contributed by atoms with Crippen LogP contribution in [0, 0.1) is 0 Å². The van der Waals surface area contributed by atoms with E-state index in [-0.39, 0.29) is 12.2 Å². The van der Waals surface area contributed by atoms with Crippen molar-refractivity contribution in [1.82, 2.24) is 4.98 Å². The summed E-state index contributed by atoms with van der Waals surface area (Å²) in [6.45, 7) is 0. The van der Waals surface area contributed by atoms with Gasteiger partial charge < -0.3 is 0 Å². The first-order valence-electron chi connectivity index (χ1n) is 6.46. The Balaban J connectivity index is 1.88. The zero-order valence-corrected chi connectivity index (χ0v) is 13.4. The number of Topliss-reactive ketones (excluding diaryl/α,β-unsaturated/α-hetero) is 1. The number of aromatic nitrogens is 1. The smallest absolute Gasteiger partial charge is 0.168 e. The lowest BCUT2D eigenvalue weighted by Crippen LogP contribution is -2.05. The molecule has 0 atom stereocenters. The Morgan fingerprint density at radius 1 is 1.10 bits per heavy atom. The van der Waals surface area contributed by atoms with Crippen molar-refractivity contribution < 1.29 is 4.79 Å². The molecule has 0 saturated heterocycles. The van der Waals surface area contributed by atoms with Gasteiger partial charge in [0.1, 0.15) is 0 Å². The summed E-state index contributed by atoms with van der Waals surface area (Å²) in [5.74, 6) is 0.000908. The van der Waals surface area contributed by atoms with Crippen LogP contribution in [-0.4, -0.2) is 10.8 Å². The molecule has 0 spiro atoms. The lowest BCUT2D eigenvalue weighted by molar-refractivity contribution is 0.0992. The molecular formula is C17H11BrClNO. The minimum absolute atomic E-state index is 0.000908. The molecule has 0 aliphatic heterocycles. The first-order chi connectivity index (χ1) is 10.1. The number of nitrogens with zero attached hydrogens (tertiary/aromatic N) is 1. The van der Waals surface area contributed by atoms with E-state index in [0.717, 1.165) is 21.1 Å². The van der Waals surface area contributed by atoms with E-state index in [4.69, 9.17) is 11.6 Å². The van der Waals surface area contributed by atoms with E-state index in [1.54, 1.807) is 18.2 Å². The zero-order valence-electron chi connectivity index (χ0n) is 11.0. The fourth-order valence-electron chi connectivity index (χ4n) is 2.19. The molecule has 0 saturated carbocycles. The van der Waals surface area contributed by atoms with Crippen LogP contribution >= 0.6 is 27.5 Å². The van der Waals surface area contributed by atoms with Crippen molar-refractivity contribution in [3.8, 4) is 0 Å². The number of hydrogen-bond acceptors (Lipinski definition) is 2. The first-order valence-corrected chi connectivity index (χ1v) is 7.63. The third-order valence-corrected chi connectivity index (χ3v) is 3.86. The number of fused-ring (bicyclic) bond motifs is 1. The molecule has 0 amide bonds. The summed E-state index contributed by atoms with van der Waals surface area (Å²) in [4.78, 5) is 16.9. The van der Waals surface area contributed by atoms with Crippen LogP contribution in [0.4, 0.5) is 0 Å². The van der Waals surface area contributed by atoms with Crippen LogP contribution in [0.2, 0.25) is 5.02 Å². The van der Waals surface area contributed by atoms with Crippen molar-refractivity contribution >= 4 is 44.2 Å². The maximum absolute atomic E-state index is 12.3. The number of benzene rings is 2. The molecule has 4 heteroatoms. The third-order valence-electron chi connectivity index (χ3n) is 3.18. The Hall–Kier alpha value is -1.71. The maximum atomic E-state index is 12.3. The van der Waals surface area contributed by atoms with E-state index in [9.17, 15) is 4.79 Å². The molecule has 0 aliphatic carbocycles. The lowest BCUT2D eigenvalue weighted by Gasteiger charge is -2.04. The predicted octanol–water partition coefficient (Wildman–Crippen LogP) is 5.08. The molecule has 21 heavy (non-hydrogen) atoms. The van der Waals surface area contributed by atoms with Crippen LogP contribution in [-0.2, 0) is 6.42 Å². The molecule has 1 aromatic heterocycles. The summed E-state index contributed by atoms with van der Waals surface area (Å²) in [5.41, 5.74) is 2.24. The highest BCUT2D eigenvalue weighted by atomic mass is 79.9. The van der Waals surface area contributed by atoms with Crippen LogP contribution in [0.1, 0.15) is 16.1 Å². The fourth-order valence-corrected chi connectivity index (χ4v) is 3.05. The Kier molecular flexibility index (Phi) is 4.04. The van der Waals surface area contributed by atoms with Crippen molar-refractivity contribution in [2.24, 2.45) is 0 Å². The quantitative estimate of drug-likeness (QED) is 0.610. The average Bonchev–Trinajstić information content (AvgIpc) is 2.46. The predicted molar refractivity (Wildman–Crippen MR) is 88.9 cm³/mol. The van der Waals surface area contributed by atoms with E-state index < -0.39 is 0 Å². The molecule has 104 valence electrons. The minimum atomic E-state index is 0.000908. The molecule has 1 heterocycles. The molecule has 3 rings (SSSR count). The molecular weight excluding hydrogens is 350 g/mol. The molecule has 2 aromatic carbocycles. The average molecular weight is 361 g/mol. The van der Waals surface area contributed by atoms with Crippen LogP contribution in [0.15, 0.2) is 59.1 Å². The summed E-state index contributed by atoms with van der Waals surface area (Å²) < 4.78 is 0.796. The summed E-state index contributed by atoms with van der Waals surface area (Å²) in [5, 5.41) is 1.61. The number of ketones is 1. The molecule has 3 aromatic rings. The second-order valence-electron chi connectivity index (χ2n) is 4.75. The highest BCUT2D eigenvalue weighted by Gasteiger charge is 2.10. The van der Waals surface area contributed by atoms with Crippen LogP contribution in [0.25, 0.3) is 10.9 Å². The summed E-state index contributed by atoms with van der Waals surface area (Å²) in [6.07, 6.45) is 0.262. The summed E-state index contributed by atoms with van der Waals surface area (Å²) in [6, 6.07) is 16.9. The number of carbonyl (C=O) groups is 1. The van der Waals surface area contributed by atoms with Crippen LogP contribution in [0.5, 0.6) is 0 Å². The number of rotatable bonds is 3. The second-order valence-corrected chi connectivity index (χ2v) is 6.11. The van der Waals surface area contributed by atoms with Gasteiger partial charge in [-0.2, -0.15) is 0 Å². The van der Waals surface area contributed by atoms with Crippen molar-refractivity contribution in [3.63, 3.8) is 0 Å². The molecule has 0 N–H and O–H groups in total. The van der Waals surface area contributed by atoms with Gasteiger partial charge in [-0.25, -0.2) is 0 Å². The molecule has 0 aliphatic rings. The topological polar surface area (TPSA) is 30.0 Å². The van der Waals surface area contributed by atoms with Crippen molar-refractivity contribution in [1.29, 1.82) is 0 Å². The number of halogens is 2. The van der Waals surface area contributed by atoms with E-state index in [2.05, 4.69) is 20.9 Å². The van der Waals surface area contributed by atoms with Crippen LogP contribution < -0.4 is 0 Å². The van der Waals surface area contributed by atoms with E-state index in [1.807, 2.05) is 36.4 Å². The SMILES string of the molecule is O=C(Cc1ccc2ccccc2n1)c1cc(Cl)cc(Br)c1. The van der Waals surface area contributed by atoms with Gasteiger partial charge in [0.2, 0.25) is 0 Å². The van der Waals surface area contributed by atoms with Crippen LogP contribution in [0.3, 0.4) is 0 Å². The Morgan fingerprint density at radius 2 is 1.90 bits per heavy atom. The van der Waals surface area contributed by atoms with Gasteiger partial charge in [-0.3, -0.25) is 9.78 Å². The van der Waals surface area contributed by atoms with Gasteiger partial charge in [0.15, 0.2) is 5.78 Å². The monoisotopic (exact) mass is 359 g/mol. The molecule has 0 unspecified atom stereocenters. The van der Waals surface area contributed by atoms with Gasteiger partial charge >= 0.3 is 0 Å². The van der Waals surface area contributed by atoms with Gasteiger partial charge in [-0.1, -0.05) is 51.8 Å². The minimum Gasteiger partial charge on any atom is -0.294 e.